The predicted octanol–water partition coefficient (Wildman–Crippen LogP) is 2.75. The van der Waals surface area contributed by atoms with Gasteiger partial charge in [0, 0.05) is 26.1 Å². The lowest BCUT2D eigenvalue weighted by atomic mass is 10.2. The van der Waals surface area contributed by atoms with Gasteiger partial charge in [-0.2, -0.15) is 0 Å². The summed E-state index contributed by atoms with van der Waals surface area (Å²) in [5.41, 5.74) is 0. The Kier molecular flexibility index (Phi) is 4.72. The predicted molar refractivity (Wildman–Crippen MR) is 79.5 cm³/mol. The quantitative estimate of drug-likeness (QED) is 0.805. The van der Waals surface area contributed by atoms with Crippen LogP contribution in [0.1, 0.15) is 30.9 Å². The van der Waals surface area contributed by atoms with Crippen LogP contribution in [0.4, 0.5) is 0 Å². The molecular formula is C13H16ClN5OS. The highest BCUT2D eigenvalue weighted by Gasteiger charge is 2.16. The van der Waals surface area contributed by atoms with Crippen molar-refractivity contribution >= 4 is 23.4 Å². The van der Waals surface area contributed by atoms with Gasteiger partial charge in [-0.3, -0.25) is 0 Å². The summed E-state index contributed by atoms with van der Waals surface area (Å²) in [6.45, 7) is 1.31. The number of nitrogens with zero attached hydrogens (tertiary/aromatic N) is 5. The second-order valence-electron chi connectivity index (χ2n) is 4.84. The summed E-state index contributed by atoms with van der Waals surface area (Å²) in [7, 11) is 1.61. The average molecular weight is 326 g/mol. The summed E-state index contributed by atoms with van der Waals surface area (Å²) in [5.74, 6) is 1.63. The molecular weight excluding hydrogens is 310 g/mol. The zero-order valence-electron chi connectivity index (χ0n) is 11.8. The number of ether oxygens (including phenoxy) is 1. The molecule has 3 heterocycles. The van der Waals surface area contributed by atoms with Gasteiger partial charge in [0.1, 0.15) is 22.6 Å². The third-order valence-corrected chi connectivity index (χ3v) is 4.36. The molecule has 2 aromatic rings. The second-order valence-corrected chi connectivity index (χ2v) is 6.22. The maximum absolute atomic E-state index is 6.03. The standard InChI is InChI=1S/C13H16ClN5OS/c1-20-8-10-15-9(14)7-12(16-10)21-13-18-17-11-5-3-2-4-6-19(11)13/h7H,2-6,8H2,1H3. The number of fused-ring (bicyclic) bond motifs is 1. The van der Waals surface area contributed by atoms with E-state index in [2.05, 4.69) is 24.7 Å². The van der Waals surface area contributed by atoms with Gasteiger partial charge in [-0.1, -0.05) is 18.0 Å². The second kappa shape index (κ2) is 6.72. The van der Waals surface area contributed by atoms with Crippen molar-refractivity contribution in [1.29, 1.82) is 0 Å². The summed E-state index contributed by atoms with van der Waals surface area (Å²) < 4.78 is 7.24. The van der Waals surface area contributed by atoms with Crippen molar-refractivity contribution in [2.75, 3.05) is 7.11 Å². The molecule has 21 heavy (non-hydrogen) atoms. The molecule has 0 atom stereocenters. The third-order valence-electron chi connectivity index (χ3n) is 3.26. The van der Waals surface area contributed by atoms with E-state index in [1.54, 1.807) is 13.2 Å². The number of rotatable bonds is 4. The summed E-state index contributed by atoms with van der Waals surface area (Å²) in [6, 6.07) is 1.74. The fraction of sp³-hybridized carbons (Fsp3) is 0.538. The van der Waals surface area contributed by atoms with E-state index in [0.717, 1.165) is 35.4 Å². The SMILES string of the molecule is COCc1nc(Cl)cc(Sc2nnc3n2CCCCC3)n1. The van der Waals surface area contributed by atoms with E-state index in [-0.39, 0.29) is 0 Å². The molecule has 1 aliphatic rings. The van der Waals surface area contributed by atoms with Crippen LogP contribution in [0.15, 0.2) is 16.2 Å². The lowest BCUT2D eigenvalue weighted by Gasteiger charge is -2.07. The maximum Gasteiger partial charge on any atom is 0.197 e. The van der Waals surface area contributed by atoms with E-state index >= 15 is 0 Å². The highest BCUT2D eigenvalue weighted by atomic mass is 35.5. The fourth-order valence-electron chi connectivity index (χ4n) is 2.32. The molecule has 0 amide bonds. The van der Waals surface area contributed by atoms with Crippen LogP contribution in [-0.4, -0.2) is 31.8 Å². The lowest BCUT2D eigenvalue weighted by molar-refractivity contribution is 0.177. The Morgan fingerprint density at radius 2 is 2.19 bits per heavy atom. The third kappa shape index (κ3) is 3.53. The van der Waals surface area contributed by atoms with Crippen molar-refractivity contribution in [2.45, 2.75) is 49.0 Å². The molecule has 3 rings (SSSR count). The van der Waals surface area contributed by atoms with Crippen LogP contribution < -0.4 is 0 Å². The van der Waals surface area contributed by atoms with Gasteiger partial charge < -0.3 is 9.30 Å². The minimum Gasteiger partial charge on any atom is -0.377 e. The molecule has 0 radical (unpaired) electrons. The molecule has 0 saturated carbocycles. The van der Waals surface area contributed by atoms with Crippen molar-refractivity contribution in [3.8, 4) is 0 Å². The van der Waals surface area contributed by atoms with Gasteiger partial charge in [0.2, 0.25) is 0 Å². The molecule has 6 nitrogen and oxygen atoms in total. The minimum atomic E-state index is 0.339. The number of aryl methyl sites for hydroxylation is 1. The Morgan fingerprint density at radius 3 is 3.05 bits per heavy atom. The molecule has 0 unspecified atom stereocenters. The van der Waals surface area contributed by atoms with Crippen molar-refractivity contribution in [2.24, 2.45) is 0 Å². The van der Waals surface area contributed by atoms with E-state index in [1.165, 1.54) is 24.6 Å². The molecule has 0 aliphatic carbocycles. The summed E-state index contributed by atoms with van der Waals surface area (Å²) in [6.07, 6.45) is 4.58. The average Bonchev–Trinajstić information content (AvgIpc) is 2.68. The highest BCUT2D eigenvalue weighted by molar-refractivity contribution is 7.99. The molecule has 2 aromatic heterocycles. The van der Waals surface area contributed by atoms with E-state index in [0.29, 0.717) is 17.6 Å². The molecule has 0 spiro atoms. The van der Waals surface area contributed by atoms with Crippen LogP contribution in [0.25, 0.3) is 0 Å². The van der Waals surface area contributed by atoms with Crippen molar-refractivity contribution in [3.63, 3.8) is 0 Å². The van der Waals surface area contributed by atoms with Crippen molar-refractivity contribution in [1.82, 2.24) is 24.7 Å². The first-order chi connectivity index (χ1) is 10.3. The van der Waals surface area contributed by atoms with Crippen LogP contribution in [0.3, 0.4) is 0 Å². The first-order valence-electron chi connectivity index (χ1n) is 6.88. The summed E-state index contributed by atoms with van der Waals surface area (Å²) in [5, 5.41) is 10.6. The van der Waals surface area contributed by atoms with E-state index in [4.69, 9.17) is 16.3 Å². The van der Waals surface area contributed by atoms with Gasteiger partial charge in [-0.25, -0.2) is 9.97 Å². The number of hydrogen-bond acceptors (Lipinski definition) is 6. The van der Waals surface area contributed by atoms with Crippen LogP contribution in [0.2, 0.25) is 5.15 Å². The maximum atomic E-state index is 6.03. The van der Waals surface area contributed by atoms with Gasteiger partial charge in [0.05, 0.1) is 0 Å². The summed E-state index contributed by atoms with van der Waals surface area (Å²) in [4.78, 5) is 8.56. The summed E-state index contributed by atoms with van der Waals surface area (Å²) >= 11 is 7.50. The number of aromatic nitrogens is 5. The Labute approximate surface area is 132 Å². The van der Waals surface area contributed by atoms with Crippen LogP contribution in [0, 0.1) is 0 Å². The van der Waals surface area contributed by atoms with E-state index < -0.39 is 0 Å². The number of hydrogen-bond donors (Lipinski definition) is 0. The zero-order chi connectivity index (χ0) is 14.7. The Balaban J connectivity index is 1.85. The molecule has 0 bridgehead atoms. The van der Waals surface area contributed by atoms with Crippen LogP contribution in [-0.2, 0) is 24.3 Å². The first-order valence-corrected chi connectivity index (χ1v) is 8.08. The molecule has 1 aliphatic heterocycles. The molecule has 0 N–H and O–H groups in total. The molecule has 0 aromatic carbocycles. The van der Waals surface area contributed by atoms with E-state index in [1.807, 2.05) is 0 Å². The van der Waals surface area contributed by atoms with Gasteiger partial charge in [0.15, 0.2) is 11.0 Å². The Morgan fingerprint density at radius 1 is 1.29 bits per heavy atom. The first kappa shape index (κ1) is 14.7. The highest BCUT2D eigenvalue weighted by Crippen LogP contribution is 2.28. The smallest absolute Gasteiger partial charge is 0.197 e. The van der Waals surface area contributed by atoms with Gasteiger partial charge in [-0.05, 0) is 24.6 Å². The normalized spacial score (nSPS) is 14.8. The fourth-order valence-corrected chi connectivity index (χ4v) is 3.48. The van der Waals surface area contributed by atoms with Gasteiger partial charge in [0.25, 0.3) is 0 Å². The molecule has 8 heteroatoms. The van der Waals surface area contributed by atoms with Crippen LogP contribution in [0.5, 0.6) is 0 Å². The topological polar surface area (TPSA) is 65.7 Å². The molecule has 0 fully saturated rings. The van der Waals surface area contributed by atoms with Gasteiger partial charge >= 0.3 is 0 Å². The zero-order valence-corrected chi connectivity index (χ0v) is 13.3. The molecule has 0 saturated heterocycles. The minimum absolute atomic E-state index is 0.339. The monoisotopic (exact) mass is 325 g/mol. The Hall–Kier alpha value is -1.18. The Bertz CT molecular complexity index is 633. The van der Waals surface area contributed by atoms with E-state index in [9.17, 15) is 0 Å². The van der Waals surface area contributed by atoms with Crippen LogP contribution >= 0.6 is 23.4 Å². The largest absolute Gasteiger partial charge is 0.377 e. The van der Waals surface area contributed by atoms with Crippen molar-refractivity contribution in [3.05, 3.63) is 22.9 Å². The van der Waals surface area contributed by atoms with Gasteiger partial charge in [-0.15, -0.1) is 10.2 Å². The molecule has 112 valence electrons. The van der Waals surface area contributed by atoms with Crippen molar-refractivity contribution < 1.29 is 4.74 Å². The number of methoxy groups -OCH3 is 1. The lowest BCUT2D eigenvalue weighted by Crippen LogP contribution is -2.03. The number of halogens is 1.